The van der Waals surface area contributed by atoms with Crippen molar-refractivity contribution in [1.29, 1.82) is 0 Å². The molecular formula is C17H18N2O4S. The number of sulfonamides is 1. The number of nitrogens with zero attached hydrogens (tertiary/aromatic N) is 1. The summed E-state index contributed by atoms with van der Waals surface area (Å²) < 4.78 is 32.2. The first-order chi connectivity index (χ1) is 11.5. The Morgan fingerprint density at radius 1 is 1.04 bits per heavy atom. The average Bonchev–Trinajstić information content (AvgIpc) is 2.60. The van der Waals surface area contributed by atoms with Gasteiger partial charge in [-0.25, -0.2) is 8.42 Å². The molecule has 0 aliphatic heterocycles. The highest BCUT2D eigenvalue weighted by atomic mass is 32.2. The molecule has 126 valence electrons. The molecule has 6 nitrogen and oxygen atoms in total. The fourth-order valence-electron chi connectivity index (χ4n) is 1.91. The standard InChI is InChI=1S/C17H18N2O4S/c1-2-23-16(20)13-18-17(14-9-5-3-6-10-14)19-24(21,22)15-11-7-4-8-12-15/h3-12H,2,13H2,1H3,(H,18,19). The SMILES string of the molecule is CCOC(=O)CN=C(NS(=O)(=O)c1ccccc1)c1ccccc1. The number of esters is 1. The predicted octanol–water partition coefficient (Wildman–Crippen LogP) is 1.97. The van der Waals surface area contributed by atoms with E-state index in [4.69, 9.17) is 4.74 Å². The van der Waals surface area contributed by atoms with Crippen LogP contribution in [0, 0.1) is 0 Å². The number of aliphatic imine (C=N–C) groups is 1. The molecule has 1 N–H and O–H groups in total. The van der Waals surface area contributed by atoms with E-state index in [9.17, 15) is 13.2 Å². The fraction of sp³-hybridized carbons (Fsp3) is 0.176. The zero-order chi connectivity index (χ0) is 17.4. The zero-order valence-electron chi connectivity index (χ0n) is 13.2. The molecule has 0 atom stereocenters. The molecule has 0 saturated carbocycles. The summed E-state index contributed by atoms with van der Waals surface area (Å²) in [5.74, 6) is -0.433. The highest BCUT2D eigenvalue weighted by Crippen LogP contribution is 2.09. The largest absolute Gasteiger partial charge is 0.465 e. The molecule has 2 aromatic rings. The number of carbonyl (C=O) groups excluding carboxylic acids is 1. The number of benzene rings is 2. The van der Waals surface area contributed by atoms with Crippen LogP contribution in [0.5, 0.6) is 0 Å². The van der Waals surface area contributed by atoms with Gasteiger partial charge in [-0.2, -0.15) is 0 Å². The number of amidine groups is 1. The van der Waals surface area contributed by atoms with Crippen LogP contribution >= 0.6 is 0 Å². The minimum atomic E-state index is -3.80. The minimum absolute atomic E-state index is 0.0903. The molecule has 0 heterocycles. The van der Waals surface area contributed by atoms with Crippen molar-refractivity contribution in [2.75, 3.05) is 13.2 Å². The summed E-state index contributed by atoms with van der Waals surface area (Å²) in [5.41, 5.74) is 0.557. The lowest BCUT2D eigenvalue weighted by Gasteiger charge is -2.11. The Kier molecular flexibility index (Phi) is 6.08. The first-order valence-electron chi connectivity index (χ1n) is 7.36. The lowest BCUT2D eigenvalue weighted by molar-refractivity contribution is -0.141. The summed E-state index contributed by atoms with van der Waals surface area (Å²) in [6, 6.07) is 16.7. The van der Waals surface area contributed by atoms with Crippen molar-refractivity contribution < 1.29 is 17.9 Å². The molecule has 0 aliphatic carbocycles. The van der Waals surface area contributed by atoms with Gasteiger partial charge in [-0.1, -0.05) is 48.5 Å². The van der Waals surface area contributed by atoms with Crippen LogP contribution in [0.2, 0.25) is 0 Å². The van der Waals surface area contributed by atoms with E-state index >= 15 is 0 Å². The van der Waals surface area contributed by atoms with Crippen LogP contribution in [0.4, 0.5) is 0 Å². The van der Waals surface area contributed by atoms with Crippen LogP contribution in [0.25, 0.3) is 0 Å². The molecule has 7 heteroatoms. The number of nitrogens with one attached hydrogen (secondary N) is 1. The van der Waals surface area contributed by atoms with Gasteiger partial charge < -0.3 is 4.74 Å². The van der Waals surface area contributed by atoms with E-state index in [0.29, 0.717) is 5.56 Å². The van der Waals surface area contributed by atoms with Crippen LogP contribution in [0.15, 0.2) is 70.6 Å². The van der Waals surface area contributed by atoms with Gasteiger partial charge in [0.1, 0.15) is 12.4 Å². The Balaban J connectivity index is 2.30. The quantitative estimate of drug-likeness (QED) is 0.492. The number of rotatable bonds is 6. The Morgan fingerprint density at radius 2 is 1.62 bits per heavy atom. The van der Waals surface area contributed by atoms with E-state index in [1.54, 1.807) is 55.5 Å². The van der Waals surface area contributed by atoms with E-state index in [-0.39, 0.29) is 23.9 Å². The second-order valence-corrected chi connectivity index (χ2v) is 6.44. The zero-order valence-corrected chi connectivity index (χ0v) is 14.0. The highest BCUT2D eigenvalue weighted by Gasteiger charge is 2.17. The van der Waals surface area contributed by atoms with Crippen LogP contribution < -0.4 is 4.72 Å². The molecule has 0 bridgehead atoms. The third-order valence-corrected chi connectivity index (χ3v) is 4.36. The molecule has 2 aromatic carbocycles. The Hall–Kier alpha value is -2.67. The second kappa shape index (κ2) is 8.26. The van der Waals surface area contributed by atoms with E-state index in [1.165, 1.54) is 12.1 Å². The monoisotopic (exact) mass is 346 g/mol. The number of carbonyl (C=O) groups is 1. The maximum absolute atomic E-state index is 12.5. The molecule has 0 aromatic heterocycles. The molecule has 2 rings (SSSR count). The maximum Gasteiger partial charge on any atom is 0.327 e. The smallest absolute Gasteiger partial charge is 0.327 e. The van der Waals surface area contributed by atoms with Crippen molar-refractivity contribution in [3.05, 3.63) is 66.2 Å². The number of hydrogen-bond acceptors (Lipinski definition) is 5. The van der Waals surface area contributed by atoms with Gasteiger partial charge in [0.15, 0.2) is 0 Å². The van der Waals surface area contributed by atoms with Gasteiger partial charge in [0, 0.05) is 5.56 Å². The molecule has 0 spiro atoms. The van der Waals surface area contributed by atoms with Crippen molar-refractivity contribution in [2.45, 2.75) is 11.8 Å². The summed E-state index contributed by atoms with van der Waals surface area (Å²) in [6.07, 6.45) is 0. The van der Waals surface area contributed by atoms with Crippen LogP contribution in [-0.2, 0) is 19.6 Å². The first-order valence-corrected chi connectivity index (χ1v) is 8.84. The van der Waals surface area contributed by atoms with Crippen molar-refractivity contribution in [1.82, 2.24) is 4.72 Å². The Morgan fingerprint density at radius 3 is 2.21 bits per heavy atom. The van der Waals surface area contributed by atoms with Crippen LogP contribution in [-0.4, -0.2) is 33.4 Å². The van der Waals surface area contributed by atoms with E-state index in [1.807, 2.05) is 0 Å². The number of hydrogen-bond donors (Lipinski definition) is 1. The molecular weight excluding hydrogens is 328 g/mol. The van der Waals surface area contributed by atoms with Gasteiger partial charge in [-0.15, -0.1) is 0 Å². The third-order valence-electron chi connectivity index (χ3n) is 3.00. The fourth-order valence-corrected chi connectivity index (χ4v) is 2.98. The van der Waals surface area contributed by atoms with E-state index in [0.717, 1.165) is 0 Å². The van der Waals surface area contributed by atoms with Gasteiger partial charge >= 0.3 is 5.97 Å². The summed E-state index contributed by atoms with van der Waals surface area (Å²) in [4.78, 5) is 15.7. The molecule has 0 aliphatic rings. The Labute approximate surface area is 141 Å². The summed E-state index contributed by atoms with van der Waals surface area (Å²) in [7, 11) is -3.80. The van der Waals surface area contributed by atoms with Gasteiger partial charge in [0.25, 0.3) is 10.0 Å². The summed E-state index contributed by atoms with van der Waals surface area (Å²) >= 11 is 0. The Bertz CT molecular complexity index is 803. The van der Waals surface area contributed by atoms with E-state index in [2.05, 4.69) is 9.71 Å². The predicted molar refractivity (Wildman–Crippen MR) is 91.2 cm³/mol. The number of ether oxygens (including phenoxy) is 1. The summed E-state index contributed by atoms with van der Waals surface area (Å²) in [6.45, 7) is 1.66. The molecule has 0 unspecified atom stereocenters. The van der Waals surface area contributed by atoms with Gasteiger partial charge in [-0.05, 0) is 19.1 Å². The average molecular weight is 346 g/mol. The molecule has 0 fully saturated rings. The van der Waals surface area contributed by atoms with Crippen molar-refractivity contribution >= 4 is 21.8 Å². The van der Waals surface area contributed by atoms with Gasteiger partial charge in [0.05, 0.1) is 11.5 Å². The van der Waals surface area contributed by atoms with Crippen LogP contribution in [0.3, 0.4) is 0 Å². The van der Waals surface area contributed by atoms with E-state index < -0.39 is 16.0 Å². The minimum Gasteiger partial charge on any atom is -0.465 e. The van der Waals surface area contributed by atoms with Crippen molar-refractivity contribution in [2.24, 2.45) is 4.99 Å². The second-order valence-electron chi connectivity index (χ2n) is 4.75. The van der Waals surface area contributed by atoms with Gasteiger partial charge in [-0.3, -0.25) is 14.5 Å². The molecule has 0 saturated heterocycles. The lowest BCUT2D eigenvalue weighted by Crippen LogP contribution is -2.32. The third kappa shape index (κ3) is 4.92. The van der Waals surface area contributed by atoms with Crippen molar-refractivity contribution in [3.63, 3.8) is 0 Å². The first kappa shape index (κ1) is 17.7. The van der Waals surface area contributed by atoms with Crippen molar-refractivity contribution in [3.8, 4) is 0 Å². The molecule has 0 amide bonds. The normalized spacial score (nSPS) is 11.8. The highest BCUT2D eigenvalue weighted by molar-refractivity contribution is 7.90. The van der Waals surface area contributed by atoms with Crippen LogP contribution in [0.1, 0.15) is 12.5 Å². The summed E-state index contributed by atoms with van der Waals surface area (Å²) in [5, 5.41) is 0. The molecule has 0 radical (unpaired) electrons. The molecule has 24 heavy (non-hydrogen) atoms. The maximum atomic E-state index is 12.5. The topological polar surface area (TPSA) is 84.8 Å². The van der Waals surface area contributed by atoms with Gasteiger partial charge in [0.2, 0.25) is 0 Å². The lowest BCUT2D eigenvalue weighted by atomic mass is 10.2.